The number of carbonyl (C=O) groups is 1. The van der Waals surface area contributed by atoms with Crippen molar-refractivity contribution < 1.29 is 14.3 Å². The number of amides is 1. The zero-order valence-electron chi connectivity index (χ0n) is 11.1. The zero-order valence-corrected chi connectivity index (χ0v) is 12.7. The van der Waals surface area contributed by atoms with Crippen LogP contribution in [0, 0.1) is 0 Å². The highest BCUT2D eigenvalue weighted by Crippen LogP contribution is 2.24. The summed E-state index contributed by atoms with van der Waals surface area (Å²) in [4.78, 5) is 12.3. The third-order valence-corrected chi connectivity index (χ3v) is 3.25. The normalized spacial score (nSPS) is 9.95. The first kappa shape index (κ1) is 14.4. The van der Waals surface area contributed by atoms with Crippen LogP contribution in [-0.4, -0.2) is 20.1 Å². The van der Waals surface area contributed by atoms with Gasteiger partial charge in [0.05, 0.1) is 19.8 Å². The van der Waals surface area contributed by atoms with Gasteiger partial charge in [-0.25, -0.2) is 0 Å². The van der Waals surface area contributed by atoms with Crippen molar-refractivity contribution in [3.8, 4) is 11.5 Å². The Hall–Kier alpha value is -2.01. The van der Waals surface area contributed by atoms with Crippen LogP contribution in [0.5, 0.6) is 11.5 Å². The van der Waals surface area contributed by atoms with Gasteiger partial charge >= 0.3 is 0 Å². The molecule has 0 saturated carbocycles. The van der Waals surface area contributed by atoms with Gasteiger partial charge in [0.1, 0.15) is 11.5 Å². The number of rotatable bonds is 4. The van der Waals surface area contributed by atoms with Crippen LogP contribution in [0.1, 0.15) is 10.4 Å². The van der Waals surface area contributed by atoms with Crippen LogP contribution in [0.2, 0.25) is 0 Å². The summed E-state index contributed by atoms with van der Waals surface area (Å²) in [6.07, 6.45) is 0. The lowest BCUT2D eigenvalue weighted by Gasteiger charge is -2.10. The molecule has 2 rings (SSSR count). The molecule has 5 heteroatoms. The minimum absolute atomic E-state index is 0.228. The van der Waals surface area contributed by atoms with E-state index in [4.69, 9.17) is 9.47 Å². The van der Waals surface area contributed by atoms with Crippen molar-refractivity contribution in [1.82, 2.24) is 0 Å². The third-order valence-electron chi connectivity index (χ3n) is 2.75. The molecule has 0 aliphatic carbocycles. The van der Waals surface area contributed by atoms with E-state index in [-0.39, 0.29) is 5.91 Å². The highest BCUT2D eigenvalue weighted by molar-refractivity contribution is 9.10. The largest absolute Gasteiger partial charge is 0.497 e. The van der Waals surface area contributed by atoms with Crippen LogP contribution in [0.25, 0.3) is 0 Å². The molecular weight excluding hydrogens is 322 g/mol. The number of benzene rings is 2. The molecule has 1 N–H and O–H groups in total. The summed E-state index contributed by atoms with van der Waals surface area (Å²) in [5, 5.41) is 2.82. The van der Waals surface area contributed by atoms with Gasteiger partial charge in [-0.3, -0.25) is 4.79 Å². The van der Waals surface area contributed by atoms with Gasteiger partial charge in [0.15, 0.2) is 0 Å². The van der Waals surface area contributed by atoms with Gasteiger partial charge in [0, 0.05) is 10.2 Å². The smallest absolute Gasteiger partial charge is 0.259 e. The van der Waals surface area contributed by atoms with E-state index in [2.05, 4.69) is 21.2 Å². The highest BCUT2D eigenvalue weighted by atomic mass is 79.9. The molecule has 0 aliphatic heterocycles. The van der Waals surface area contributed by atoms with Gasteiger partial charge in [0.2, 0.25) is 0 Å². The van der Waals surface area contributed by atoms with Gasteiger partial charge in [-0.1, -0.05) is 15.9 Å². The molecule has 0 saturated heterocycles. The summed E-state index contributed by atoms with van der Waals surface area (Å²) in [5.41, 5.74) is 1.16. The molecular formula is C15H14BrNO3. The minimum atomic E-state index is -0.228. The fraction of sp³-hybridized carbons (Fsp3) is 0.133. The second-order valence-electron chi connectivity index (χ2n) is 4.03. The van der Waals surface area contributed by atoms with Crippen LogP contribution in [0.4, 0.5) is 5.69 Å². The van der Waals surface area contributed by atoms with Gasteiger partial charge in [-0.05, 0) is 42.5 Å². The van der Waals surface area contributed by atoms with Crippen LogP contribution >= 0.6 is 15.9 Å². The first-order valence-electron chi connectivity index (χ1n) is 5.93. The van der Waals surface area contributed by atoms with Gasteiger partial charge in [-0.15, -0.1) is 0 Å². The summed E-state index contributed by atoms with van der Waals surface area (Å²) >= 11 is 3.35. The standard InChI is InChI=1S/C15H14BrNO3/c1-19-12-6-4-11(5-7-12)17-15(18)13-9-10(16)3-8-14(13)20-2/h3-9H,1-2H3,(H,17,18). The number of halogens is 1. The van der Waals surface area contributed by atoms with Crippen molar-refractivity contribution >= 4 is 27.5 Å². The highest BCUT2D eigenvalue weighted by Gasteiger charge is 2.13. The molecule has 4 nitrogen and oxygen atoms in total. The summed E-state index contributed by atoms with van der Waals surface area (Å²) < 4.78 is 11.1. The lowest BCUT2D eigenvalue weighted by Crippen LogP contribution is -2.13. The molecule has 0 radical (unpaired) electrons. The SMILES string of the molecule is COc1ccc(NC(=O)c2cc(Br)ccc2OC)cc1. The van der Waals surface area contributed by atoms with Crippen LogP contribution in [0.15, 0.2) is 46.9 Å². The number of methoxy groups -OCH3 is 2. The van der Waals surface area contributed by atoms with E-state index < -0.39 is 0 Å². The average molecular weight is 336 g/mol. The topological polar surface area (TPSA) is 47.6 Å². The van der Waals surface area contributed by atoms with Crippen molar-refractivity contribution in [3.05, 3.63) is 52.5 Å². The van der Waals surface area contributed by atoms with Gasteiger partial charge in [0.25, 0.3) is 5.91 Å². The molecule has 1 amide bonds. The molecule has 0 fully saturated rings. The molecule has 0 atom stereocenters. The van der Waals surface area contributed by atoms with E-state index in [1.807, 2.05) is 6.07 Å². The Morgan fingerprint density at radius 1 is 1.05 bits per heavy atom. The quantitative estimate of drug-likeness (QED) is 0.926. The molecule has 0 unspecified atom stereocenters. The van der Waals surface area contributed by atoms with E-state index in [1.54, 1.807) is 43.5 Å². The second-order valence-corrected chi connectivity index (χ2v) is 4.94. The predicted molar refractivity (Wildman–Crippen MR) is 81.6 cm³/mol. The number of anilines is 1. The minimum Gasteiger partial charge on any atom is -0.497 e. The maximum absolute atomic E-state index is 12.3. The number of nitrogens with one attached hydrogen (secondary N) is 1. The van der Waals surface area contributed by atoms with Crippen molar-refractivity contribution in [1.29, 1.82) is 0 Å². The molecule has 2 aromatic carbocycles. The Morgan fingerprint density at radius 2 is 1.75 bits per heavy atom. The van der Waals surface area contributed by atoms with Crippen molar-refractivity contribution in [2.45, 2.75) is 0 Å². The van der Waals surface area contributed by atoms with E-state index in [1.165, 1.54) is 7.11 Å². The van der Waals surface area contributed by atoms with E-state index >= 15 is 0 Å². The van der Waals surface area contributed by atoms with Crippen LogP contribution < -0.4 is 14.8 Å². The summed E-state index contributed by atoms with van der Waals surface area (Å²) in [6, 6.07) is 12.4. The van der Waals surface area contributed by atoms with Gasteiger partial charge < -0.3 is 14.8 Å². The Labute approximate surface area is 125 Å². The maximum Gasteiger partial charge on any atom is 0.259 e. The Morgan fingerprint density at radius 3 is 2.35 bits per heavy atom. The van der Waals surface area contributed by atoms with E-state index in [0.29, 0.717) is 17.0 Å². The summed E-state index contributed by atoms with van der Waals surface area (Å²) in [7, 11) is 3.13. The number of carbonyl (C=O) groups excluding carboxylic acids is 1. The van der Waals surface area contributed by atoms with E-state index in [0.717, 1.165) is 10.2 Å². The maximum atomic E-state index is 12.3. The third kappa shape index (κ3) is 3.30. The molecule has 0 bridgehead atoms. The number of hydrogen-bond donors (Lipinski definition) is 1. The zero-order chi connectivity index (χ0) is 14.5. The van der Waals surface area contributed by atoms with Crippen LogP contribution in [-0.2, 0) is 0 Å². The molecule has 0 aromatic heterocycles. The lowest BCUT2D eigenvalue weighted by molar-refractivity contribution is 0.102. The van der Waals surface area contributed by atoms with Crippen LogP contribution in [0.3, 0.4) is 0 Å². The number of ether oxygens (including phenoxy) is 2. The van der Waals surface area contributed by atoms with Crippen molar-refractivity contribution in [2.75, 3.05) is 19.5 Å². The molecule has 20 heavy (non-hydrogen) atoms. The average Bonchev–Trinajstić information content (AvgIpc) is 2.48. The molecule has 0 spiro atoms. The van der Waals surface area contributed by atoms with Gasteiger partial charge in [-0.2, -0.15) is 0 Å². The first-order valence-corrected chi connectivity index (χ1v) is 6.72. The molecule has 0 heterocycles. The Bertz CT molecular complexity index is 611. The molecule has 2 aromatic rings. The number of hydrogen-bond acceptors (Lipinski definition) is 3. The predicted octanol–water partition coefficient (Wildman–Crippen LogP) is 3.72. The van der Waals surface area contributed by atoms with Crippen molar-refractivity contribution in [2.24, 2.45) is 0 Å². The fourth-order valence-corrected chi connectivity index (χ4v) is 2.09. The first-order chi connectivity index (χ1) is 9.63. The monoisotopic (exact) mass is 335 g/mol. The second kappa shape index (κ2) is 6.43. The Kier molecular flexibility index (Phi) is 4.63. The van der Waals surface area contributed by atoms with E-state index in [9.17, 15) is 4.79 Å². The fourth-order valence-electron chi connectivity index (χ4n) is 1.73. The summed E-state index contributed by atoms with van der Waals surface area (Å²) in [5.74, 6) is 1.04. The molecule has 104 valence electrons. The molecule has 0 aliphatic rings. The lowest BCUT2D eigenvalue weighted by atomic mass is 10.2. The van der Waals surface area contributed by atoms with Crippen molar-refractivity contribution in [3.63, 3.8) is 0 Å². The summed E-state index contributed by atoms with van der Waals surface area (Å²) in [6.45, 7) is 0. The Balaban J connectivity index is 2.20.